The second-order valence-corrected chi connectivity index (χ2v) is 10.7. The molecule has 0 spiro atoms. The molecule has 3 rings (SSSR count). The van der Waals surface area contributed by atoms with Gasteiger partial charge in [0.25, 0.3) is 5.91 Å². The van der Waals surface area contributed by atoms with Crippen LogP contribution in [0.15, 0.2) is 23.2 Å². The van der Waals surface area contributed by atoms with Crippen molar-refractivity contribution in [1.29, 1.82) is 0 Å². The lowest BCUT2D eigenvalue weighted by Gasteiger charge is -2.34. The van der Waals surface area contributed by atoms with Crippen LogP contribution in [0.1, 0.15) is 6.92 Å². The summed E-state index contributed by atoms with van der Waals surface area (Å²) in [6.07, 6.45) is -0.462. The van der Waals surface area contributed by atoms with Crippen molar-refractivity contribution in [3.8, 4) is 0 Å². The number of nitrogens with zero attached hydrogens (tertiary/aromatic N) is 4. The van der Waals surface area contributed by atoms with Crippen LogP contribution < -0.4 is 4.80 Å². The molecule has 10 nitrogen and oxygen atoms in total. The number of halogens is 1. The molecular weight excluding hydrogens is 480 g/mol. The van der Waals surface area contributed by atoms with Crippen molar-refractivity contribution in [2.45, 2.75) is 6.92 Å². The Morgan fingerprint density at radius 3 is 2.44 bits per heavy atom. The molecule has 13 heteroatoms. The Bertz CT molecular complexity index is 1210. The Hall–Kier alpha value is -2.44. The maximum atomic E-state index is 12.4. The number of thiazole rings is 1. The van der Waals surface area contributed by atoms with Crippen LogP contribution in [-0.4, -0.2) is 85.0 Å². The summed E-state index contributed by atoms with van der Waals surface area (Å²) in [5.74, 6) is -3.11. The molecule has 0 N–H and O–H groups in total. The maximum absolute atomic E-state index is 12.4. The van der Waals surface area contributed by atoms with Gasteiger partial charge in [-0.1, -0.05) is 22.9 Å². The first-order chi connectivity index (χ1) is 15.1. The van der Waals surface area contributed by atoms with Gasteiger partial charge in [-0.05, 0) is 25.1 Å². The maximum Gasteiger partial charge on any atom is 0.409 e. The zero-order valence-electron chi connectivity index (χ0n) is 17.6. The Labute approximate surface area is 193 Å². The van der Waals surface area contributed by atoms with Crippen LogP contribution in [0.2, 0.25) is 5.02 Å². The van der Waals surface area contributed by atoms with Crippen molar-refractivity contribution in [2.24, 2.45) is 12.0 Å². The second-order valence-electron chi connectivity index (χ2n) is 7.16. The zero-order chi connectivity index (χ0) is 23.5. The molecule has 32 heavy (non-hydrogen) atoms. The zero-order valence-corrected chi connectivity index (χ0v) is 20.0. The predicted octanol–water partition coefficient (Wildman–Crippen LogP) is 1.04. The number of amides is 3. The lowest BCUT2D eigenvalue weighted by molar-refractivity contribution is -0.130. The highest BCUT2D eigenvalue weighted by Crippen LogP contribution is 2.21. The van der Waals surface area contributed by atoms with Gasteiger partial charge in [-0.15, -0.1) is 0 Å². The van der Waals surface area contributed by atoms with Crippen molar-refractivity contribution >= 4 is 60.9 Å². The van der Waals surface area contributed by atoms with Gasteiger partial charge in [-0.3, -0.25) is 9.59 Å². The standard InChI is InChI=1S/C19H23ClN4O6S2/c1-3-30-19(27)24-8-6-23(7-9-24)17(26)12-32(28,29)11-16(25)21-18-22(2)14-5-4-13(20)10-15(14)31-18/h4-5,10H,3,6-9,11-12H2,1-2H3. The quantitative estimate of drug-likeness (QED) is 0.602. The first kappa shape index (κ1) is 24.2. The fourth-order valence-electron chi connectivity index (χ4n) is 3.23. The molecule has 0 unspecified atom stereocenters. The lowest BCUT2D eigenvalue weighted by atomic mass is 10.3. The minimum atomic E-state index is -4.00. The predicted molar refractivity (Wildman–Crippen MR) is 120 cm³/mol. The largest absolute Gasteiger partial charge is 0.450 e. The number of sulfone groups is 1. The number of hydrogen-bond acceptors (Lipinski definition) is 7. The Kier molecular flexibility index (Phi) is 7.57. The lowest BCUT2D eigenvalue weighted by Crippen LogP contribution is -2.52. The summed E-state index contributed by atoms with van der Waals surface area (Å²) in [5.41, 5.74) is 0.811. The van der Waals surface area contributed by atoms with E-state index in [-0.39, 0.29) is 32.8 Å². The average Bonchev–Trinajstić information content (AvgIpc) is 3.01. The van der Waals surface area contributed by atoms with Crippen molar-refractivity contribution in [3.05, 3.63) is 28.0 Å². The summed E-state index contributed by atoms with van der Waals surface area (Å²) < 4.78 is 32.2. The summed E-state index contributed by atoms with van der Waals surface area (Å²) in [7, 11) is -2.29. The molecular formula is C19H23ClN4O6S2. The molecule has 3 amide bonds. The molecule has 1 fully saturated rings. The molecule has 0 radical (unpaired) electrons. The van der Waals surface area contributed by atoms with Gasteiger partial charge in [0.2, 0.25) is 5.91 Å². The normalized spacial score (nSPS) is 15.3. The number of aryl methyl sites for hydroxylation is 1. The molecule has 1 aromatic heterocycles. The van der Waals surface area contributed by atoms with E-state index in [1.165, 1.54) is 21.1 Å². The number of benzene rings is 1. The van der Waals surface area contributed by atoms with Gasteiger partial charge in [0, 0.05) is 38.2 Å². The van der Waals surface area contributed by atoms with Crippen molar-refractivity contribution in [2.75, 3.05) is 44.3 Å². The number of aromatic nitrogens is 1. The van der Waals surface area contributed by atoms with E-state index in [0.29, 0.717) is 9.82 Å². The van der Waals surface area contributed by atoms with Crippen LogP contribution in [0.25, 0.3) is 10.2 Å². The molecule has 1 saturated heterocycles. The van der Waals surface area contributed by atoms with Crippen LogP contribution >= 0.6 is 22.9 Å². The van der Waals surface area contributed by atoms with E-state index in [4.69, 9.17) is 16.3 Å². The number of carbonyl (C=O) groups excluding carboxylic acids is 3. The van der Waals surface area contributed by atoms with Gasteiger partial charge in [-0.2, -0.15) is 4.99 Å². The first-order valence-electron chi connectivity index (χ1n) is 9.82. The van der Waals surface area contributed by atoms with E-state index in [9.17, 15) is 22.8 Å². The van der Waals surface area contributed by atoms with Gasteiger partial charge in [0.15, 0.2) is 14.6 Å². The number of ether oxygens (including phenoxy) is 1. The molecule has 1 aliphatic heterocycles. The average molecular weight is 503 g/mol. The highest BCUT2D eigenvalue weighted by Gasteiger charge is 2.28. The minimum absolute atomic E-state index is 0.200. The van der Waals surface area contributed by atoms with Gasteiger partial charge in [-0.25, -0.2) is 13.2 Å². The van der Waals surface area contributed by atoms with Gasteiger partial charge in [0.1, 0.15) is 11.5 Å². The SMILES string of the molecule is CCOC(=O)N1CCN(C(=O)CS(=O)(=O)CC(=O)N=c2sc3cc(Cl)ccc3n2C)CC1. The third-order valence-electron chi connectivity index (χ3n) is 4.84. The fraction of sp³-hybridized carbons (Fsp3) is 0.474. The summed E-state index contributed by atoms with van der Waals surface area (Å²) in [5, 5.41) is 0.543. The van der Waals surface area contributed by atoms with Crippen LogP contribution in [0, 0.1) is 0 Å². The number of rotatable bonds is 5. The Balaban J connectivity index is 1.61. The molecule has 1 aromatic carbocycles. The first-order valence-corrected chi connectivity index (χ1v) is 12.8. The van der Waals surface area contributed by atoms with Crippen molar-refractivity contribution in [1.82, 2.24) is 14.4 Å². The highest BCUT2D eigenvalue weighted by atomic mass is 35.5. The molecule has 0 aliphatic carbocycles. The van der Waals surface area contributed by atoms with Crippen LogP contribution in [0.4, 0.5) is 4.79 Å². The van der Waals surface area contributed by atoms with Crippen molar-refractivity contribution < 1.29 is 27.5 Å². The van der Waals surface area contributed by atoms with Gasteiger partial charge in [0.05, 0.1) is 16.8 Å². The summed E-state index contributed by atoms with van der Waals surface area (Å²) >= 11 is 7.20. The molecule has 1 aliphatic rings. The van der Waals surface area contributed by atoms with E-state index in [1.54, 1.807) is 36.7 Å². The third kappa shape index (κ3) is 5.87. The van der Waals surface area contributed by atoms with Gasteiger partial charge < -0.3 is 19.1 Å². The Morgan fingerprint density at radius 2 is 1.78 bits per heavy atom. The number of carbonyl (C=O) groups is 3. The summed E-state index contributed by atoms with van der Waals surface area (Å²) in [4.78, 5) is 43.5. The van der Waals surface area contributed by atoms with Crippen molar-refractivity contribution in [3.63, 3.8) is 0 Å². The number of hydrogen-bond donors (Lipinski definition) is 0. The Morgan fingerprint density at radius 1 is 1.12 bits per heavy atom. The molecule has 0 saturated carbocycles. The molecule has 0 atom stereocenters. The second kappa shape index (κ2) is 10.0. The van der Waals surface area contributed by atoms with E-state index in [2.05, 4.69) is 4.99 Å². The smallest absolute Gasteiger partial charge is 0.409 e. The summed E-state index contributed by atoms with van der Waals surface area (Å²) in [6.45, 7) is 2.86. The fourth-order valence-corrected chi connectivity index (χ4v) is 5.64. The molecule has 2 heterocycles. The minimum Gasteiger partial charge on any atom is -0.450 e. The summed E-state index contributed by atoms with van der Waals surface area (Å²) in [6, 6.07) is 5.24. The third-order valence-corrected chi connectivity index (χ3v) is 7.54. The number of piperazine rings is 1. The molecule has 2 aromatic rings. The monoisotopic (exact) mass is 502 g/mol. The van der Waals surface area contributed by atoms with Gasteiger partial charge >= 0.3 is 6.09 Å². The van der Waals surface area contributed by atoms with Crippen LogP contribution in [0.5, 0.6) is 0 Å². The van der Waals surface area contributed by atoms with E-state index >= 15 is 0 Å². The van der Waals surface area contributed by atoms with E-state index in [0.717, 1.165) is 10.2 Å². The number of fused-ring (bicyclic) bond motifs is 1. The highest BCUT2D eigenvalue weighted by molar-refractivity contribution is 7.92. The van der Waals surface area contributed by atoms with E-state index < -0.39 is 39.3 Å². The van der Waals surface area contributed by atoms with Crippen LogP contribution in [-0.2, 0) is 31.2 Å². The topological polar surface area (TPSA) is 118 Å². The van der Waals surface area contributed by atoms with E-state index in [1.807, 2.05) is 0 Å². The van der Waals surface area contributed by atoms with Crippen LogP contribution in [0.3, 0.4) is 0 Å². The molecule has 174 valence electrons. The molecule has 0 bridgehead atoms.